The van der Waals surface area contributed by atoms with Crippen LogP contribution in [0.3, 0.4) is 0 Å². The Morgan fingerprint density at radius 1 is 1.09 bits per heavy atom. The van der Waals surface area contributed by atoms with Crippen LogP contribution in [0.15, 0.2) is 65.6 Å². The summed E-state index contributed by atoms with van der Waals surface area (Å²) >= 11 is 1.47. The number of Topliss-reactive ketones (excluding diaryl/α,β-unsaturated/α-hetero) is 1. The summed E-state index contributed by atoms with van der Waals surface area (Å²) in [7, 11) is 1.47. The van der Waals surface area contributed by atoms with E-state index in [2.05, 4.69) is 0 Å². The maximum Gasteiger partial charge on any atom is 0.295 e. The number of ketones is 1. The fourth-order valence-electron chi connectivity index (χ4n) is 3.92. The molecule has 2 aromatic carbocycles. The van der Waals surface area contributed by atoms with Gasteiger partial charge in [-0.3, -0.25) is 9.59 Å². The van der Waals surface area contributed by atoms with E-state index in [1.807, 2.05) is 17.5 Å². The maximum absolute atomic E-state index is 13.2. The van der Waals surface area contributed by atoms with E-state index in [9.17, 15) is 19.8 Å². The van der Waals surface area contributed by atoms with Crippen molar-refractivity contribution in [2.24, 2.45) is 0 Å². The summed E-state index contributed by atoms with van der Waals surface area (Å²) in [5.74, 6) is -1.27. The number of rotatable bonds is 7. The Morgan fingerprint density at radius 2 is 1.88 bits per heavy atom. The molecule has 1 aliphatic heterocycles. The van der Waals surface area contributed by atoms with Crippen LogP contribution in [0.2, 0.25) is 0 Å². The van der Waals surface area contributed by atoms with Gasteiger partial charge in [0.05, 0.1) is 37.4 Å². The Kier molecular flexibility index (Phi) is 6.37. The number of benzene rings is 2. The third-order valence-corrected chi connectivity index (χ3v) is 6.27. The van der Waals surface area contributed by atoms with E-state index in [-0.39, 0.29) is 29.4 Å². The molecule has 0 bridgehead atoms. The number of methoxy groups -OCH3 is 1. The minimum Gasteiger partial charge on any atom is -0.507 e. The second kappa shape index (κ2) is 9.38. The second-order valence-electron chi connectivity index (χ2n) is 7.37. The number of para-hydroxylation sites is 1. The van der Waals surface area contributed by atoms with E-state index in [4.69, 9.17) is 9.47 Å². The molecule has 0 spiro atoms. The number of likely N-dealkylation sites (tertiary alicyclic amines) is 1. The van der Waals surface area contributed by atoms with Crippen molar-refractivity contribution < 1.29 is 29.3 Å². The number of thiophene rings is 1. The fourth-order valence-corrected chi connectivity index (χ4v) is 4.62. The van der Waals surface area contributed by atoms with Crippen molar-refractivity contribution in [2.45, 2.75) is 19.5 Å². The lowest BCUT2D eigenvalue weighted by Gasteiger charge is -2.25. The molecule has 7 nitrogen and oxygen atoms in total. The third kappa shape index (κ3) is 4.17. The van der Waals surface area contributed by atoms with Gasteiger partial charge in [0.1, 0.15) is 11.5 Å². The number of ether oxygens (including phenoxy) is 2. The Bertz CT molecular complexity index is 1220. The van der Waals surface area contributed by atoms with Gasteiger partial charge in [0.25, 0.3) is 11.7 Å². The summed E-state index contributed by atoms with van der Waals surface area (Å²) in [4.78, 5) is 28.6. The molecule has 1 aromatic heterocycles. The molecule has 1 atom stereocenters. The molecular formula is C25H23NO6S. The van der Waals surface area contributed by atoms with Crippen LogP contribution in [0.25, 0.3) is 5.76 Å². The zero-order chi connectivity index (χ0) is 23.5. The topological polar surface area (TPSA) is 96.3 Å². The minimum absolute atomic E-state index is 0.0470. The van der Waals surface area contributed by atoms with Gasteiger partial charge in [-0.2, -0.15) is 0 Å². The fraction of sp³-hybridized carbons (Fsp3) is 0.200. The molecule has 0 aliphatic carbocycles. The summed E-state index contributed by atoms with van der Waals surface area (Å²) in [6.45, 7) is 2.31. The minimum atomic E-state index is -0.878. The van der Waals surface area contributed by atoms with Crippen molar-refractivity contribution in [2.75, 3.05) is 13.7 Å². The number of aromatic hydroxyl groups is 1. The van der Waals surface area contributed by atoms with Gasteiger partial charge in [-0.05, 0) is 48.2 Å². The molecule has 0 saturated carbocycles. The molecule has 0 radical (unpaired) electrons. The molecule has 8 heteroatoms. The van der Waals surface area contributed by atoms with Gasteiger partial charge in [0.2, 0.25) is 0 Å². The highest BCUT2D eigenvalue weighted by Gasteiger charge is 2.46. The molecule has 1 saturated heterocycles. The van der Waals surface area contributed by atoms with Gasteiger partial charge in [0.15, 0.2) is 11.5 Å². The molecule has 1 amide bonds. The summed E-state index contributed by atoms with van der Waals surface area (Å²) in [5, 5.41) is 23.3. The number of phenols is 1. The average molecular weight is 466 g/mol. The number of nitrogens with zero attached hydrogens (tertiary/aromatic N) is 1. The summed E-state index contributed by atoms with van der Waals surface area (Å²) in [5.41, 5.74) is 0.792. The smallest absolute Gasteiger partial charge is 0.295 e. The molecule has 1 unspecified atom stereocenters. The zero-order valence-electron chi connectivity index (χ0n) is 18.1. The van der Waals surface area contributed by atoms with Crippen LogP contribution in [0.1, 0.15) is 29.0 Å². The van der Waals surface area contributed by atoms with Crippen molar-refractivity contribution in [3.63, 3.8) is 0 Å². The molecule has 170 valence electrons. The number of carbonyl (C=O) groups is 2. The van der Waals surface area contributed by atoms with Crippen LogP contribution in [-0.4, -0.2) is 40.5 Å². The lowest BCUT2D eigenvalue weighted by molar-refractivity contribution is -0.140. The first-order valence-corrected chi connectivity index (χ1v) is 11.2. The third-order valence-electron chi connectivity index (χ3n) is 5.41. The van der Waals surface area contributed by atoms with E-state index in [0.717, 1.165) is 4.88 Å². The van der Waals surface area contributed by atoms with Gasteiger partial charge >= 0.3 is 0 Å². The highest BCUT2D eigenvalue weighted by molar-refractivity contribution is 7.09. The Hall–Kier alpha value is -3.78. The number of aliphatic hydroxyl groups excluding tert-OH is 1. The van der Waals surface area contributed by atoms with Crippen molar-refractivity contribution in [1.29, 1.82) is 0 Å². The zero-order valence-corrected chi connectivity index (χ0v) is 19.0. The van der Waals surface area contributed by atoms with Crippen LogP contribution < -0.4 is 9.47 Å². The number of hydrogen-bond acceptors (Lipinski definition) is 7. The lowest BCUT2D eigenvalue weighted by Crippen LogP contribution is -2.28. The number of carbonyl (C=O) groups excluding carboxylic acids is 2. The Labute approximate surface area is 195 Å². The maximum atomic E-state index is 13.2. The summed E-state index contributed by atoms with van der Waals surface area (Å²) in [6, 6.07) is 14.3. The number of amides is 1. The molecule has 2 N–H and O–H groups in total. The van der Waals surface area contributed by atoms with E-state index >= 15 is 0 Å². The van der Waals surface area contributed by atoms with Crippen molar-refractivity contribution in [1.82, 2.24) is 4.90 Å². The SMILES string of the molecule is CCOc1cc(C2/C(=C(/O)c3ccccc3OC)C(=O)C(=O)N2Cc2cccs2)ccc1O. The van der Waals surface area contributed by atoms with Gasteiger partial charge in [-0.15, -0.1) is 11.3 Å². The first-order valence-electron chi connectivity index (χ1n) is 10.4. The molecule has 4 rings (SSSR count). The van der Waals surface area contributed by atoms with Crippen molar-refractivity contribution >= 4 is 28.8 Å². The highest BCUT2D eigenvalue weighted by atomic mass is 32.1. The predicted molar refractivity (Wildman–Crippen MR) is 124 cm³/mol. The van der Waals surface area contributed by atoms with Crippen LogP contribution in [0.5, 0.6) is 17.2 Å². The van der Waals surface area contributed by atoms with Gasteiger partial charge in [-0.25, -0.2) is 0 Å². The number of hydrogen-bond donors (Lipinski definition) is 2. The summed E-state index contributed by atoms with van der Waals surface area (Å²) in [6.07, 6.45) is 0. The first kappa shape index (κ1) is 22.4. The molecule has 33 heavy (non-hydrogen) atoms. The highest BCUT2D eigenvalue weighted by Crippen LogP contribution is 2.43. The standard InChI is InChI=1S/C25H23NO6S/c1-3-32-20-13-15(10-11-18(20)27)22-21(23(28)17-8-4-5-9-19(17)31-2)24(29)25(30)26(22)14-16-7-6-12-33-16/h4-13,22,27-28H,3,14H2,1-2H3/b23-21-. The van der Waals surface area contributed by atoms with E-state index in [0.29, 0.717) is 23.5 Å². The monoisotopic (exact) mass is 465 g/mol. The molecule has 3 aromatic rings. The lowest BCUT2D eigenvalue weighted by atomic mass is 9.94. The Balaban J connectivity index is 1.91. The quantitative estimate of drug-likeness (QED) is 0.303. The van der Waals surface area contributed by atoms with Gasteiger partial charge < -0.3 is 24.6 Å². The van der Waals surface area contributed by atoms with Gasteiger partial charge in [0, 0.05) is 4.88 Å². The molecule has 2 heterocycles. The van der Waals surface area contributed by atoms with E-state index in [1.54, 1.807) is 43.3 Å². The summed E-state index contributed by atoms with van der Waals surface area (Å²) < 4.78 is 10.9. The molecular weight excluding hydrogens is 442 g/mol. The van der Waals surface area contributed by atoms with Crippen molar-refractivity contribution in [3.05, 3.63) is 81.6 Å². The first-order chi connectivity index (χ1) is 16.0. The molecule has 1 aliphatic rings. The second-order valence-corrected chi connectivity index (χ2v) is 8.40. The van der Waals surface area contributed by atoms with Crippen molar-refractivity contribution in [3.8, 4) is 17.2 Å². The molecule has 1 fully saturated rings. The van der Waals surface area contributed by atoms with E-state index < -0.39 is 17.7 Å². The van der Waals surface area contributed by atoms with Crippen LogP contribution in [0.4, 0.5) is 0 Å². The number of phenolic OH excluding ortho intramolecular Hbond substituents is 1. The van der Waals surface area contributed by atoms with E-state index in [1.165, 1.54) is 29.4 Å². The predicted octanol–water partition coefficient (Wildman–Crippen LogP) is 4.48. The average Bonchev–Trinajstić information content (AvgIpc) is 3.42. The Morgan fingerprint density at radius 3 is 2.58 bits per heavy atom. The van der Waals surface area contributed by atoms with Gasteiger partial charge in [-0.1, -0.05) is 24.3 Å². The van der Waals surface area contributed by atoms with Crippen LogP contribution in [0, 0.1) is 0 Å². The number of aliphatic hydroxyl groups is 1. The largest absolute Gasteiger partial charge is 0.507 e. The van der Waals surface area contributed by atoms with Crippen LogP contribution >= 0.6 is 11.3 Å². The normalized spacial score (nSPS) is 17.4. The van der Waals surface area contributed by atoms with Crippen LogP contribution in [-0.2, 0) is 16.1 Å².